The topological polar surface area (TPSA) is 88.2 Å². The molecule has 1 aromatic heterocycles. The predicted molar refractivity (Wildman–Crippen MR) is 125 cm³/mol. The van der Waals surface area contributed by atoms with Crippen molar-refractivity contribution >= 4 is 11.9 Å². The molecule has 1 saturated carbocycles. The van der Waals surface area contributed by atoms with Gasteiger partial charge in [-0.15, -0.1) is 0 Å². The van der Waals surface area contributed by atoms with Gasteiger partial charge in [0.25, 0.3) is 0 Å². The highest BCUT2D eigenvalue weighted by atomic mass is 16.6. The average molecular weight is 449 g/mol. The number of carbonyl (C=O) groups excluding carboxylic acids is 2. The van der Waals surface area contributed by atoms with E-state index in [2.05, 4.69) is 6.07 Å². The van der Waals surface area contributed by atoms with Gasteiger partial charge in [-0.1, -0.05) is 12.1 Å². The highest BCUT2D eigenvalue weighted by Gasteiger charge is 2.39. The second-order valence-electron chi connectivity index (χ2n) is 10.5. The highest BCUT2D eigenvalue weighted by Crippen LogP contribution is 2.47. The van der Waals surface area contributed by atoms with Gasteiger partial charge in [0.1, 0.15) is 11.3 Å². The van der Waals surface area contributed by atoms with Gasteiger partial charge in [0, 0.05) is 42.6 Å². The molecule has 0 unspecified atom stereocenters. The lowest BCUT2D eigenvalue weighted by Gasteiger charge is -2.39. The fourth-order valence-electron chi connectivity index (χ4n) is 4.31. The lowest BCUT2D eigenvalue weighted by Crippen LogP contribution is -2.52. The van der Waals surface area contributed by atoms with Crippen LogP contribution in [0.3, 0.4) is 0 Å². The van der Waals surface area contributed by atoms with Crippen LogP contribution in [0.25, 0.3) is 11.3 Å². The monoisotopic (exact) mass is 448 g/mol. The summed E-state index contributed by atoms with van der Waals surface area (Å²) in [5.41, 5.74) is 3.62. The molecule has 2 aromatic rings. The Kier molecular flexibility index (Phi) is 6.04. The Labute approximate surface area is 195 Å². The van der Waals surface area contributed by atoms with Crippen LogP contribution in [-0.4, -0.2) is 45.2 Å². The number of benzene rings is 1. The number of ether oxygens (including phenoxy) is 1. The Morgan fingerprint density at radius 3 is 2.33 bits per heavy atom. The molecule has 1 saturated heterocycles. The first-order valence-electron chi connectivity index (χ1n) is 11.7. The Bertz CT molecular complexity index is 1090. The molecule has 33 heavy (non-hydrogen) atoms. The van der Waals surface area contributed by atoms with Gasteiger partial charge in [-0.2, -0.15) is 10.4 Å². The van der Waals surface area contributed by atoms with E-state index in [-0.39, 0.29) is 23.8 Å². The summed E-state index contributed by atoms with van der Waals surface area (Å²) in [7, 11) is 0. The minimum absolute atomic E-state index is 0.0493. The van der Waals surface area contributed by atoms with E-state index in [1.165, 1.54) is 0 Å². The van der Waals surface area contributed by atoms with E-state index in [9.17, 15) is 9.59 Å². The van der Waals surface area contributed by atoms with Gasteiger partial charge in [0.15, 0.2) is 5.78 Å². The molecule has 2 fully saturated rings. The van der Waals surface area contributed by atoms with Crippen LogP contribution in [0.4, 0.5) is 4.79 Å². The Balaban J connectivity index is 1.56. The molecule has 7 heteroatoms. The maximum absolute atomic E-state index is 13.5. The van der Waals surface area contributed by atoms with Crippen LogP contribution >= 0.6 is 0 Å². The second-order valence-corrected chi connectivity index (χ2v) is 10.5. The predicted octanol–water partition coefficient (Wildman–Crippen LogP) is 5.32. The molecule has 1 amide bonds. The first kappa shape index (κ1) is 23.0. The molecular formula is C26H32N4O3. The van der Waals surface area contributed by atoms with Gasteiger partial charge in [0.2, 0.25) is 0 Å². The lowest BCUT2D eigenvalue weighted by molar-refractivity contribution is -0.00178. The van der Waals surface area contributed by atoms with E-state index in [4.69, 9.17) is 15.1 Å². The minimum atomic E-state index is -0.525. The van der Waals surface area contributed by atoms with E-state index in [1.807, 2.05) is 51.4 Å². The molecule has 1 aromatic carbocycles. The summed E-state index contributed by atoms with van der Waals surface area (Å²) >= 11 is 0. The van der Waals surface area contributed by atoms with Gasteiger partial charge in [-0.3, -0.25) is 9.48 Å². The van der Waals surface area contributed by atoms with Gasteiger partial charge in [-0.25, -0.2) is 4.79 Å². The summed E-state index contributed by atoms with van der Waals surface area (Å²) < 4.78 is 7.29. The SMILES string of the molecule is CC(C)n1nc(-c2ccc(C#N)cc2)c(C2CC2)c1C(=O)CC1CN(C(=O)OC(C)(C)C)C1. The number of ketones is 1. The standard InChI is InChI=1S/C26H32N4O3/c1-16(2)30-24(21(31)12-18-14-29(15-18)25(32)33-26(3,4)5)22(19-10-11-19)23(28-30)20-8-6-17(13-27)7-9-20/h6-9,16,18-19H,10-12,14-15H2,1-5H3. The van der Waals surface area contributed by atoms with Crippen molar-refractivity contribution in [2.45, 2.75) is 71.4 Å². The summed E-state index contributed by atoms with van der Waals surface area (Å²) in [5.74, 6) is 0.569. The first-order valence-corrected chi connectivity index (χ1v) is 11.7. The number of hydrogen-bond acceptors (Lipinski definition) is 5. The van der Waals surface area contributed by atoms with Crippen molar-refractivity contribution in [3.63, 3.8) is 0 Å². The zero-order chi connectivity index (χ0) is 23.9. The van der Waals surface area contributed by atoms with Gasteiger partial charge < -0.3 is 9.64 Å². The molecule has 0 atom stereocenters. The van der Waals surface area contributed by atoms with E-state index in [0.29, 0.717) is 36.7 Å². The van der Waals surface area contributed by atoms with E-state index in [1.54, 1.807) is 17.0 Å². The minimum Gasteiger partial charge on any atom is -0.444 e. The molecule has 1 aliphatic carbocycles. The van der Waals surface area contributed by atoms with Crippen LogP contribution in [0, 0.1) is 17.2 Å². The van der Waals surface area contributed by atoms with Crippen molar-refractivity contribution in [1.82, 2.24) is 14.7 Å². The van der Waals surface area contributed by atoms with Gasteiger partial charge in [0.05, 0.1) is 17.3 Å². The van der Waals surface area contributed by atoms with Gasteiger partial charge in [-0.05, 0) is 65.5 Å². The maximum atomic E-state index is 13.5. The first-order chi connectivity index (χ1) is 15.6. The fourth-order valence-corrected chi connectivity index (χ4v) is 4.31. The molecule has 1 aliphatic heterocycles. The van der Waals surface area contributed by atoms with Crippen molar-refractivity contribution in [2.75, 3.05) is 13.1 Å². The zero-order valence-corrected chi connectivity index (χ0v) is 20.1. The van der Waals surface area contributed by atoms with Gasteiger partial charge >= 0.3 is 6.09 Å². The highest BCUT2D eigenvalue weighted by molar-refractivity contribution is 5.98. The van der Waals surface area contributed by atoms with Crippen LogP contribution in [-0.2, 0) is 4.74 Å². The molecule has 2 aliphatic rings. The van der Waals surface area contributed by atoms with Crippen molar-refractivity contribution in [3.05, 3.63) is 41.1 Å². The van der Waals surface area contributed by atoms with E-state index in [0.717, 1.165) is 29.7 Å². The molecule has 7 nitrogen and oxygen atoms in total. The van der Waals surface area contributed by atoms with Crippen molar-refractivity contribution in [1.29, 1.82) is 5.26 Å². The van der Waals surface area contributed by atoms with Crippen LogP contribution in [0.5, 0.6) is 0 Å². The van der Waals surface area contributed by atoms with E-state index < -0.39 is 5.60 Å². The Morgan fingerprint density at radius 1 is 1.18 bits per heavy atom. The number of Topliss-reactive ketones (excluding diaryl/α,β-unsaturated/α-hetero) is 1. The largest absolute Gasteiger partial charge is 0.444 e. The number of aromatic nitrogens is 2. The summed E-state index contributed by atoms with van der Waals surface area (Å²) in [4.78, 5) is 27.4. The lowest BCUT2D eigenvalue weighted by atomic mass is 9.91. The normalized spacial score (nSPS) is 16.5. The Morgan fingerprint density at radius 2 is 1.82 bits per heavy atom. The zero-order valence-electron chi connectivity index (χ0n) is 20.1. The number of carbonyl (C=O) groups is 2. The average Bonchev–Trinajstić information content (AvgIpc) is 3.47. The molecule has 4 rings (SSSR count). The second kappa shape index (κ2) is 8.66. The quantitative estimate of drug-likeness (QED) is 0.558. The number of likely N-dealkylation sites (tertiary alicyclic amines) is 1. The molecule has 174 valence electrons. The van der Waals surface area contributed by atoms with Crippen LogP contribution in [0.1, 0.15) is 87.5 Å². The van der Waals surface area contributed by atoms with Crippen molar-refractivity contribution in [3.8, 4) is 17.3 Å². The molecule has 0 N–H and O–H groups in total. The maximum Gasteiger partial charge on any atom is 0.410 e. The summed E-state index contributed by atoms with van der Waals surface area (Å²) in [5, 5.41) is 14.0. The summed E-state index contributed by atoms with van der Waals surface area (Å²) in [6.45, 7) is 10.7. The molecule has 0 spiro atoms. The molecule has 0 bridgehead atoms. The smallest absolute Gasteiger partial charge is 0.410 e. The fraction of sp³-hybridized carbons (Fsp3) is 0.538. The van der Waals surface area contributed by atoms with Crippen molar-refractivity contribution < 1.29 is 14.3 Å². The third kappa shape index (κ3) is 4.95. The molecular weight excluding hydrogens is 416 g/mol. The van der Waals surface area contributed by atoms with E-state index >= 15 is 0 Å². The number of rotatable bonds is 6. The molecule has 2 heterocycles. The third-order valence-corrected chi connectivity index (χ3v) is 6.06. The number of amides is 1. The summed E-state index contributed by atoms with van der Waals surface area (Å²) in [6.07, 6.45) is 2.19. The molecule has 0 radical (unpaired) electrons. The Hall–Kier alpha value is -3.14. The van der Waals surface area contributed by atoms with Crippen LogP contribution < -0.4 is 0 Å². The third-order valence-electron chi connectivity index (χ3n) is 6.06. The number of hydrogen-bond donors (Lipinski definition) is 0. The van der Waals surface area contributed by atoms with Crippen LogP contribution in [0.2, 0.25) is 0 Å². The van der Waals surface area contributed by atoms with Crippen LogP contribution in [0.15, 0.2) is 24.3 Å². The number of nitrogens with zero attached hydrogens (tertiary/aromatic N) is 4. The number of nitriles is 1. The summed E-state index contributed by atoms with van der Waals surface area (Å²) in [6, 6.07) is 9.61. The van der Waals surface area contributed by atoms with Crippen molar-refractivity contribution in [2.24, 2.45) is 5.92 Å².